The smallest absolute Gasteiger partial charge is 0.176 e. The van der Waals surface area contributed by atoms with E-state index in [0.717, 1.165) is 28.4 Å². The Bertz CT molecular complexity index is 1340. The summed E-state index contributed by atoms with van der Waals surface area (Å²) >= 11 is 0. The number of benzene rings is 4. The van der Waals surface area contributed by atoms with Crippen molar-refractivity contribution >= 4 is 29.4 Å². The van der Waals surface area contributed by atoms with Gasteiger partial charge in [-0.25, -0.2) is 0 Å². The maximum Gasteiger partial charge on any atom is 0.176 e. The molecule has 0 aromatic heterocycles. The van der Waals surface area contributed by atoms with E-state index in [1.165, 1.54) is 0 Å². The van der Waals surface area contributed by atoms with Crippen LogP contribution in [0.1, 0.15) is 11.1 Å². The molecule has 1 N–H and O–H groups in total. The average molecular weight is 446 g/mol. The molecule has 0 radical (unpaired) electrons. The van der Waals surface area contributed by atoms with Crippen molar-refractivity contribution in [2.45, 2.75) is 0 Å². The Morgan fingerprint density at radius 3 is 2.38 bits per heavy atom. The zero-order valence-corrected chi connectivity index (χ0v) is 18.7. The Morgan fingerprint density at radius 1 is 0.853 bits per heavy atom. The highest BCUT2D eigenvalue weighted by atomic mass is 16.5. The van der Waals surface area contributed by atoms with Crippen LogP contribution in [-0.2, 0) is 0 Å². The van der Waals surface area contributed by atoms with Crippen molar-refractivity contribution in [3.05, 3.63) is 114 Å². The zero-order valence-electron chi connectivity index (χ0n) is 18.7. The quantitative estimate of drug-likeness (QED) is 0.285. The molecular weight excluding hydrogens is 422 g/mol. The molecule has 34 heavy (non-hydrogen) atoms. The number of nitrogens with one attached hydrogen (secondary N) is 1. The molecule has 0 aliphatic rings. The van der Waals surface area contributed by atoms with E-state index in [1.807, 2.05) is 97.1 Å². The van der Waals surface area contributed by atoms with E-state index in [4.69, 9.17) is 14.7 Å². The SMILES string of the molecule is COc1cccc(/C=C/C=Nc2ccccc2Nc2ccc(C#N)cc2)c1Oc1ccccc1. The molecule has 0 aliphatic heterocycles. The summed E-state index contributed by atoms with van der Waals surface area (Å²) in [5.41, 5.74) is 4.04. The average Bonchev–Trinajstić information content (AvgIpc) is 2.89. The first-order chi connectivity index (χ1) is 16.8. The van der Waals surface area contributed by atoms with Crippen molar-refractivity contribution in [2.24, 2.45) is 4.99 Å². The van der Waals surface area contributed by atoms with E-state index in [9.17, 15) is 0 Å². The number of anilines is 2. The van der Waals surface area contributed by atoms with Crippen molar-refractivity contribution in [1.29, 1.82) is 5.26 Å². The van der Waals surface area contributed by atoms with Crippen molar-refractivity contribution in [1.82, 2.24) is 0 Å². The fourth-order valence-corrected chi connectivity index (χ4v) is 3.29. The van der Waals surface area contributed by atoms with Gasteiger partial charge in [0.1, 0.15) is 5.75 Å². The molecule has 0 heterocycles. The molecule has 166 valence electrons. The molecule has 5 heteroatoms. The number of hydrogen-bond acceptors (Lipinski definition) is 5. The summed E-state index contributed by atoms with van der Waals surface area (Å²) in [6.07, 6.45) is 5.54. The summed E-state index contributed by atoms with van der Waals surface area (Å²) in [5.74, 6) is 2.03. The third-order valence-electron chi connectivity index (χ3n) is 4.96. The topological polar surface area (TPSA) is 66.6 Å². The Morgan fingerprint density at radius 2 is 1.62 bits per heavy atom. The van der Waals surface area contributed by atoms with Crippen LogP contribution in [0.25, 0.3) is 6.08 Å². The summed E-state index contributed by atoms with van der Waals surface area (Å²) in [7, 11) is 1.62. The second kappa shape index (κ2) is 11.2. The highest BCUT2D eigenvalue weighted by Crippen LogP contribution is 2.35. The van der Waals surface area contributed by atoms with Gasteiger partial charge in [0.15, 0.2) is 11.5 Å². The third-order valence-corrected chi connectivity index (χ3v) is 4.96. The monoisotopic (exact) mass is 445 g/mol. The number of nitrogens with zero attached hydrogens (tertiary/aromatic N) is 2. The van der Waals surface area contributed by atoms with E-state index < -0.39 is 0 Å². The van der Waals surface area contributed by atoms with Crippen LogP contribution in [-0.4, -0.2) is 13.3 Å². The van der Waals surface area contributed by atoms with Crippen LogP contribution in [0.2, 0.25) is 0 Å². The maximum absolute atomic E-state index is 8.97. The first-order valence-corrected chi connectivity index (χ1v) is 10.7. The number of aliphatic imine (C=N–C) groups is 1. The van der Waals surface area contributed by atoms with Gasteiger partial charge in [0.25, 0.3) is 0 Å². The van der Waals surface area contributed by atoms with Crippen molar-refractivity contribution in [3.63, 3.8) is 0 Å². The summed E-state index contributed by atoms with van der Waals surface area (Å²) in [5, 5.41) is 12.3. The molecule has 0 amide bonds. The first kappa shape index (κ1) is 22.4. The van der Waals surface area contributed by atoms with Crippen molar-refractivity contribution < 1.29 is 9.47 Å². The fourth-order valence-electron chi connectivity index (χ4n) is 3.29. The van der Waals surface area contributed by atoms with Gasteiger partial charge >= 0.3 is 0 Å². The molecule has 0 spiro atoms. The highest BCUT2D eigenvalue weighted by molar-refractivity contribution is 5.84. The lowest BCUT2D eigenvalue weighted by Gasteiger charge is -2.13. The van der Waals surface area contributed by atoms with E-state index in [2.05, 4.69) is 16.4 Å². The van der Waals surface area contributed by atoms with Crippen LogP contribution >= 0.6 is 0 Å². The van der Waals surface area contributed by atoms with Crippen LogP contribution in [0, 0.1) is 11.3 Å². The van der Waals surface area contributed by atoms with Gasteiger partial charge in [-0.1, -0.05) is 42.5 Å². The second-order valence-corrected chi connectivity index (χ2v) is 7.26. The number of ether oxygens (including phenoxy) is 2. The molecule has 0 aliphatic carbocycles. The molecule has 0 bridgehead atoms. The number of allylic oxidation sites excluding steroid dienone is 1. The predicted octanol–water partition coefficient (Wildman–Crippen LogP) is 7.52. The lowest BCUT2D eigenvalue weighted by Crippen LogP contribution is -1.93. The van der Waals surface area contributed by atoms with Gasteiger partial charge in [0, 0.05) is 17.5 Å². The minimum atomic E-state index is 0.621. The molecule has 0 fully saturated rings. The molecule has 0 unspecified atom stereocenters. The molecule has 0 saturated heterocycles. The molecule has 0 atom stereocenters. The molecule has 5 nitrogen and oxygen atoms in total. The van der Waals surface area contributed by atoms with Crippen LogP contribution in [0.15, 0.2) is 108 Å². The summed E-state index contributed by atoms with van der Waals surface area (Å²) < 4.78 is 11.6. The van der Waals surface area contributed by atoms with E-state index in [1.54, 1.807) is 25.5 Å². The minimum Gasteiger partial charge on any atom is -0.493 e. The summed E-state index contributed by atoms with van der Waals surface area (Å²) in [6, 6.07) is 32.6. The second-order valence-electron chi connectivity index (χ2n) is 7.26. The van der Waals surface area contributed by atoms with Gasteiger partial charge in [0.2, 0.25) is 0 Å². The number of hydrogen-bond donors (Lipinski definition) is 1. The standard InChI is InChI=1S/C29H23N3O2/c1-33-28-15-7-9-23(29(28)34-25-11-3-2-4-12-25)10-8-20-31-26-13-5-6-14-27(26)32-24-18-16-22(21-30)17-19-24/h2-20,32H,1H3/b10-8+,31-20?. The summed E-state index contributed by atoms with van der Waals surface area (Å²) in [6.45, 7) is 0. The van der Waals surface area contributed by atoms with Crippen LogP contribution in [0.4, 0.5) is 17.1 Å². The lowest BCUT2D eigenvalue weighted by molar-refractivity contribution is 0.378. The fraction of sp³-hybridized carbons (Fsp3) is 0.0345. The first-order valence-electron chi connectivity index (χ1n) is 10.7. The van der Waals surface area contributed by atoms with Crippen molar-refractivity contribution in [2.75, 3.05) is 12.4 Å². The van der Waals surface area contributed by atoms with Gasteiger partial charge in [-0.05, 0) is 66.7 Å². The van der Waals surface area contributed by atoms with E-state index >= 15 is 0 Å². The van der Waals surface area contributed by atoms with Crippen molar-refractivity contribution in [3.8, 4) is 23.3 Å². The van der Waals surface area contributed by atoms with Crippen LogP contribution in [0.3, 0.4) is 0 Å². The molecule has 4 aromatic carbocycles. The molecular formula is C29H23N3O2. The van der Waals surface area contributed by atoms with E-state index in [-0.39, 0.29) is 0 Å². The van der Waals surface area contributed by atoms with Gasteiger partial charge < -0.3 is 14.8 Å². The maximum atomic E-state index is 8.97. The number of para-hydroxylation sites is 4. The minimum absolute atomic E-state index is 0.621. The summed E-state index contributed by atoms with van der Waals surface area (Å²) in [4.78, 5) is 4.61. The Balaban J connectivity index is 1.52. The van der Waals surface area contributed by atoms with Gasteiger partial charge in [-0.3, -0.25) is 4.99 Å². The number of methoxy groups -OCH3 is 1. The Labute approximate surface area is 199 Å². The largest absolute Gasteiger partial charge is 0.493 e. The lowest BCUT2D eigenvalue weighted by atomic mass is 10.1. The highest BCUT2D eigenvalue weighted by Gasteiger charge is 2.09. The molecule has 4 rings (SSSR count). The number of rotatable bonds is 8. The van der Waals surface area contributed by atoms with Gasteiger partial charge in [-0.2, -0.15) is 5.26 Å². The van der Waals surface area contributed by atoms with E-state index in [0.29, 0.717) is 17.1 Å². The number of nitriles is 1. The molecule has 4 aromatic rings. The van der Waals surface area contributed by atoms with Crippen LogP contribution < -0.4 is 14.8 Å². The third kappa shape index (κ3) is 5.70. The predicted molar refractivity (Wildman–Crippen MR) is 138 cm³/mol. The Hall–Kier alpha value is -4.82. The zero-order chi connectivity index (χ0) is 23.6. The normalized spacial score (nSPS) is 10.8. The Kier molecular flexibility index (Phi) is 7.35. The van der Waals surface area contributed by atoms with Gasteiger partial charge in [-0.15, -0.1) is 0 Å². The van der Waals surface area contributed by atoms with Crippen LogP contribution in [0.5, 0.6) is 17.2 Å². The molecule has 0 saturated carbocycles. The van der Waals surface area contributed by atoms with Gasteiger partial charge in [0.05, 0.1) is 30.1 Å².